The maximum atomic E-state index is 12.3. The minimum atomic E-state index is -0.0688. The molecule has 5 nitrogen and oxygen atoms in total. The van der Waals surface area contributed by atoms with E-state index < -0.39 is 0 Å². The molecule has 2 aromatic carbocycles. The van der Waals surface area contributed by atoms with Crippen LogP contribution in [0.15, 0.2) is 71.3 Å². The molecule has 3 aromatic rings. The minimum Gasteiger partial charge on any atom is -0.356 e. The Balaban J connectivity index is 1.58. The molecule has 0 bridgehead atoms. The largest absolute Gasteiger partial charge is 0.356 e. The minimum absolute atomic E-state index is 0.0688. The number of nitrogens with zero attached hydrogens (tertiary/aromatic N) is 2. The fraction of sp³-hybridized carbons (Fsp3) is 0.238. The fourth-order valence-electron chi connectivity index (χ4n) is 2.84. The second kappa shape index (κ2) is 8.45. The Morgan fingerprint density at radius 1 is 1.08 bits per heavy atom. The molecule has 0 spiro atoms. The molecule has 0 radical (unpaired) electrons. The van der Waals surface area contributed by atoms with Gasteiger partial charge in [0.2, 0.25) is 5.91 Å². The number of aromatic nitrogens is 1. The van der Waals surface area contributed by atoms with E-state index in [9.17, 15) is 4.79 Å². The van der Waals surface area contributed by atoms with E-state index in [0.29, 0.717) is 18.0 Å². The Kier molecular flexibility index (Phi) is 5.81. The molecule has 1 unspecified atom stereocenters. The van der Waals surface area contributed by atoms with Crippen LogP contribution in [0.25, 0.3) is 11.3 Å². The molecule has 0 saturated heterocycles. The van der Waals surface area contributed by atoms with E-state index >= 15 is 0 Å². The number of benzene rings is 2. The molecule has 0 aliphatic rings. The van der Waals surface area contributed by atoms with E-state index in [1.807, 2.05) is 68.7 Å². The van der Waals surface area contributed by atoms with Crippen LogP contribution in [0.3, 0.4) is 0 Å². The van der Waals surface area contributed by atoms with Crippen LogP contribution < -0.4 is 5.32 Å². The molecule has 0 aliphatic heterocycles. The predicted molar refractivity (Wildman–Crippen MR) is 102 cm³/mol. The van der Waals surface area contributed by atoms with Crippen LogP contribution in [0, 0.1) is 0 Å². The van der Waals surface area contributed by atoms with Gasteiger partial charge in [-0.3, -0.25) is 4.79 Å². The number of hydrogen-bond acceptors (Lipinski definition) is 4. The zero-order chi connectivity index (χ0) is 18.4. The average molecular weight is 349 g/mol. The highest BCUT2D eigenvalue weighted by molar-refractivity contribution is 5.78. The molecule has 1 atom stereocenters. The molecular formula is C21H23N3O2. The Bertz CT molecular complexity index is 829. The zero-order valence-electron chi connectivity index (χ0n) is 15.1. The van der Waals surface area contributed by atoms with Crippen molar-refractivity contribution in [2.24, 2.45) is 0 Å². The summed E-state index contributed by atoms with van der Waals surface area (Å²) in [5.41, 5.74) is 2.75. The van der Waals surface area contributed by atoms with Gasteiger partial charge >= 0.3 is 0 Å². The van der Waals surface area contributed by atoms with Gasteiger partial charge in [0.25, 0.3) is 0 Å². The number of carbonyl (C=O) groups excluding carboxylic acids is 1. The first kappa shape index (κ1) is 17.9. The van der Waals surface area contributed by atoms with Crippen molar-refractivity contribution in [3.8, 4) is 11.3 Å². The van der Waals surface area contributed by atoms with Gasteiger partial charge in [-0.15, -0.1) is 0 Å². The van der Waals surface area contributed by atoms with Gasteiger partial charge in [0.15, 0.2) is 5.76 Å². The lowest BCUT2D eigenvalue weighted by molar-refractivity contribution is -0.120. The molecule has 0 saturated carbocycles. The summed E-state index contributed by atoms with van der Waals surface area (Å²) in [7, 11) is 4.02. The Labute approximate surface area is 153 Å². The van der Waals surface area contributed by atoms with Crippen LogP contribution in [-0.2, 0) is 11.2 Å². The van der Waals surface area contributed by atoms with E-state index in [0.717, 1.165) is 5.56 Å². The van der Waals surface area contributed by atoms with Crippen LogP contribution in [0.2, 0.25) is 0 Å². The summed E-state index contributed by atoms with van der Waals surface area (Å²) >= 11 is 0. The van der Waals surface area contributed by atoms with Gasteiger partial charge in [-0.25, -0.2) is 0 Å². The highest BCUT2D eigenvalue weighted by atomic mass is 16.5. The molecule has 0 aliphatic carbocycles. The van der Waals surface area contributed by atoms with Crippen LogP contribution in [0.1, 0.15) is 17.3 Å². The van der Waals surface area contributed by atoms with Crippen LogP contribution in [0.4, 0.5) is 0 Å². The van der Waals surface area contributed by atoms with Crippen molar-refractivity contribution in [2.75, 3.05) is 20.6 Å². The van der Waals surface area contributed by atoms with Gasteiger partial charge in [-0.1, -0.05) is 65.8 Å². The first-order valence-corrected chi connectivity index (χ1v) is 8.62. The maximum absolute atomic E-state index is 12.3. The van der Waals surface area contributed by atoms with Crippen molar-refractivity contribution in [1.82, 2.24) is 15.4 Å². The van der Waals surface area contributed by atoms with Gasteiger partial charge in [-0.05, 0) is 19.7 Å². The van der Waals surface area contributed by atoms with E-state index in [2.05, 4.69) is 27.5 Å². The van der Waals surface area contributed by atoms with E-state index in [1.165, 1.54) is 5.56 Å². The van der Waals surface area contributed by atoms with Crippen molar-refractivity contribution in [2.45, 2.75) is 12.5 Å². The average Bonchev–Trinajstić information content (AvgIpc) is 3.11. The summed E-state index contributed by atoms with van der Waals surface area (Å²) in [5.74, 6) is 0.601. The van der Waals surface area contributed by atoms with Crippen molar-refractivity contribution in [3.05, 3.63) is 78.0 Å². The summed E-state index contributed by atoms with van der Waals surface area (Å²) in [5, 5.41) is 7.00. The fourth-order valence-corrected chi connectivity index (χ4v) is 2.84. The second-order valence-electron chi connectivity index (χ2n) is 6.42. The molecule has 3 rings (SSSR count). The van der Waals surface area contributed by atoms with Crippen LogP contribution in [0.5, 0.6) is 0 Å². The second-order valence-corrected chi connectivity index (χ2v) is 6.42. The number of rotatable bonds is 7. The van der Waals surface area contributed by atoms with E-state index in [1.54, 1.807) is 0 Å². The molecular weight excluding hydrogens is 326 g/mol. The molecule has 134 valence electrons. The monoisotopic (exact) mass is 349 g/mol. The van der Waals surface area contributed by atoms with E-state index in [-0.39, 0.29) is 18.4 Å². The van der Waals surface area contributed by atoms with Gasteiger partial charge in [-0.2, -0.15) is 0 Å². The molecule has 5 heteroatoms. The van der Waals surface area contributed by atoms with Crippen molar-refractivity contribution in [3.63, 3.8) is 0 Å². The van der Waals surface area contributed by atoms with Crippen molar-refractivity contribution >= 4 is 5.91 Å². The Morgan fingerprint density at radius 2 is 1.73 bits per heavy atom. The highest BCUT2D eigenvalue weighted by Gasteiger charge is 2.16. The Morgan fingerprint density at radius 3 is 2.38 bits per heavy atom. The first-order chi connectivity index (χ1) is 12.6. The van der Waals surface area contributed by atoms with Gasteiger partial charge in [0.1, 0.15) is 0 Å². The third-order valence-corrected chi connectivity index (χ3v) is 4.26. The molecule has 1 heterocycles. The molecule has 0 fully saturated rings. The number of amides is 1. The predicted octanol–water partition coefficient (Wildman–Crippen LogP) is 3.30. The third-order valence-electron chi connectivity index (χ3n) is 4.26. The third kappa shape index (κ3) is 4.58. The van der Waals surface area contributed by atoms with Crippen LogP contribution >= 0.6 is 0 Å². The summed E-state index contributed by atoms with van der Waals surface area (Å²) in [6.45, 7) is 0.541. The van der Waals surface area contributed by atoms with E-state index in [4.69, 9.17) is 4.52 Å². The van der Waals surface area contributed by atoms with Crippen LogP contribution in [-0.4, -0.2) is 36.6 Å². The zero-order valence-corrected chi connectivity index (χ0v) is 15.1. The lowest BCUT2D eigenvalue weighted by Gasteiger charge is -2.25. The smallest absolute Gasteiger partial charge is 0.226 e. The quantitative estimate of drug-likeness (QED) is 0.711. The lowest BCUT2D eigenvalue weighted by atomic mass is 10.1. The van der Waals surface area contributed by atoms with Gasteiger partial charge < -0.3 is 14.7 Å². The standard InChI is InChI=1S/C21H23N3O2/c1-24(2)19(16-9-5-3-6-10-16)15-22-21(25)14-18-13-20(26-23-18)17-11-7-4-8-12-17/h3-13,19H,14-15H2,1-2H3,(H,22,25). The topological polar surface area (TPSA) is 58.4 Å². The van der Waals surface area contributed by atoms with Gasteiger partial charge in [0, 0.05) is 18.2 Å². The molecule has 1 N–H and O–H groups in total. The number of nitrogens with one attached hydrogen (secondary N) is 1. The summed E-state index contributed by atoms with van der Waals surface area (Å²) in [6, 6.07) is 21.8. The maximum Gasteiger partial charge on any atom is 0.226 e. The van der Waals surface area contributed by atoms with Crippen molar-refractivity contribution < 1.29 is 9.32 Å². The first-order valence-electron chi connectivity index (χ1n) is 8.62. The Hall–Kier alpha value is -2.92. The normalized spacial score (nSPS) is 12.1. The SMILES string of the molecule is CN(C)C(CNC(=O)Cc1cc(-c2ccccc2)on1)c1ccccc1. The molecule has 26 heavy (non-hydrogen) atoms. The summed E-state index contributed by atoms with van der Waals surface area (Å²) < 4.78 is 5.35. The molecule has 1 amide bonds. The molecule has 1 aromatic heterocycles. The summed E-state index contributed by atoms with van der Waals surface area (Å²) in [4.78, 5) is 14.4. The summed E-state index contributed by atoms with van der Waals surface area (Å²) in [6.07, 6.45) is 0.200. The van der Waals surface area contributed by atoms with Gasteiger partial charge in [0.05, 0.1) is 18.2 Å². The number of carbonyl (C=O) groups is 1. The number of hydrogen-bond donors (Lipinski definition) is 1. The van der Waals surface area contributed by atoms with Crippen molar-refractivity contribution in [1.29, 1.82) is 0 Å². The lowest BCUT2D eigenvalue weighted by Crippen LogP contribution is -2.35. The highest BCUT2D eigenvalue weighted by Crippen LogP contribution is 2.20. The number of likely N-dealkylation sites (N-methyl/N-ethyl adjacent to an activating group) is 1.